The number of rotatable bonds is 6. The Morgan fingerprint density at radius 1 is 1.31 bits per heavy atom. The molecule has 0 spiro atoms. The van der Waals surface area contributed by atoms with Gasteiger partial charge in [-0.1, -0.05) is 13.3 Å². The molecule has 0 aromatic rings. The van der Waals surface area contributed by atoms with Crippen LogP contribution in [0.4, 0.5) is 0 Å². The van der Waals surface area contributed by atoms with Crippen molar-refractivity contribution in [3.63, 3.8) is 0 Å². The first-order valence-electron chi connectivity index (χ1n) is 6.78. The molecule has 0 aliphatic heterocycles. The van der Waals surface area contributed by atoms with Crippen LogP contribution in [-0.2, 0) is 4.79 Å². The summed E-state index contributed by atoms with van der Waals surface area (Å²) < 4.78 is 0. The van der Waals surface area contributed by atoms with E-state index in [2.05, 4.69) is 11.8 Å². The second kappa shape index (κ2) is 5.17. The fraction of sp³-hybridized carbons (Fsp3) is 0.923. The zero-order valence-corrected chi connectivity index (χ0v) is 10.3. The molecule has 0 saturated heterocycles. The van der Waals surface area contributed by atoms with Crippen molar-refractivity contribution >= 4 is 5.91 Å². The Morgan fingerprint density at radius 3 is 2.56 bits per heavy atom. The van der Waals surface area contributed by atoms with Gasteiger partial charge in [0.1, 0.15) is 0 Å². The second-order valence-corrected chi connectivity index (χ2v) is 5.25. The van der Waals surface area contributed by atoms with Gasteiger partial charge in [-0.25, -0.2) is 0 Å². The molecule has 0 radical (unpaired) electrons. The summed E-state index contributed by atoms with van der Waals surface area (Å²) in [6.45, 7) is 4.59. The fourth-order valence-corrected chi connectivity index (χ4v) is 3.28. The number of carbonyl (C=O) groups is 1. The summed E-state index contributed by atoms with van der Waals surface area (Å²) in [5.41, 5.74) is 5.52. The average Bonchev–Trinajstić information content (AvgIpc) is 2.77. The molecule has 2 rings (SSSR count). The molecular weight excluding hydrogens is 200 g/mol. The molecule has 0 heterocycles. The van der Waals surface area contributed by atoms with Gasteiger partial charge in [-0.15, -0.1) is 0 Å². The predicted molar refractivity (Wildman–Crippen MR) is 64.9 cm³/mol. The second-order valence-electron chi connectivity index (χ2n) is 5.25. The van der Waals surface area contributed by atoms with Gasteiger partial charge in [0.15, 0.2) is 0 Å². The summed E-state index contributed by atoms with van der Waals surface area (Å²) >= 11 is 0. The standard InChI is InChI=1S/C13H24N2O/c1-2-8-15(9-4-7-14)13(16)12-10-5-3-6-11(10)12/h10-12H,2-9,14H2,1H3. The van der Waals surface area contributed by atoms with Crippen molar-refractivity contribution < 1.29 is 4.79 Å². The van der Waals surface area contributed by atoms with Crippen LogP contribution in [0.3, 0.4) is 0 Å². The van der Waals surface area contributed by atoms with Crippen LogP contribution in [0.5, 0.6) is 0 Å². The highest BCUT2D eigenvalue weighted by Gasteiger charge is 2.57. The maximum absolute atomic E-state index is 12.3. The topological polar surface area (TPSA) is 46.3 Å². The van der Waals surface area contributed by atoms with Crippen LogP contribution in [0.15, 0.2) is 0 Å². The van der Waals surface area contributed by atoms with E-state index in [-0.39, 0.29) is 0 Å². The third-order valence-electron chi connectivity index (χ3n) is 4.13. The molecule has 3 heteroatoms. The lowest BCUT2D eigenvalue weighted by atomic mass is 10.1. The van der Waals surface area contributed by atoms with Crippen molar-refractivity contribution in [2.24, 2.45) is 23.5 Å². The maximum Gasteiger partial charge on any atom is 0.226 e. The lowest BCUT2D eigenvalue weighted by molar-refractivity contribution is -0.133. The van der Waals surface area contributed by atoms with Crippen molar-refractivity contribution in [2.45, 2.75) is 39.0 Å². The summed E-state index contributed by atoms with van der Waals surface area (Å²) in [6, 6.07) is 0. The zero-order chi connectivity index (χ0) is 11.5. The molecule has 92 valence electrons. The Labute approximate surface area is 98.4 Å². The predicted octanol–water partition coefficient (Wildman–Crippen LogP) is 1.62. The van der Waals surface area contributed by atoms with E-state index in [1.54, 1.807) is 0 Å². The van der Waals surface area contributed by atoms with Gasteiger partial charge in [0.25, 0.3) is 0 Å². The smallest absolute Gasteiger partial charge is 0.226 e. The van der Waals surface area contributed by atoms with Crippen LogP contribution in [-0.4, -0.2) is 30.4 Å². The molecule has 0 bridgehead atoms. The quantitative estimate of drug-likeness (QED) is 0.745. The van der Waals surface area contributed by atoms with E-state index < -0.39 is 0 Å². The average molecular weight is 224 g/mol. The minimum Gasteiger partial charge on any atom is -0.342 e. The van der Waals surface area contributed by atoms with Crippen LogP contribution in [0.2, 0.25) is 0 Å². The first kappa shape index (κ1) is 11.9. The number of hydrogen-bond acceptors (Lipinski definition) is 2. The van der Waals surface area contributed by atoms with Gasteiger partial charge in [-0.3, -0.25) is 4.79 Å². The molecular formula is C13H24N2O. The molecule has 0 aromatic carbocycles. The van der Waals surface area contributed by atoms with Crippen LogP contribution >= 0.6 is 0 Å². The van der Waals surface area contributed by atoms with E-state index in [4.69, 9.17) is 5.73 Å². The van der Waals surface area contributed by atoms with Crippen LogP contribution in [0.1, 0.15) is 39.0 Å². The molecule has 2 aliphatic rings. The number of carbonyl (C=O) groups excluding carboxylic acids is 1. The van der Waals surface area contributed by atoms with Crippen LogP contribution in [0.25, 0.3) is 0 Å². The lowest BCUT2D eigenvalue weighted by Crippen LogP contribution is -2.35. The Hall–Kier alpha value is -0.570. The van der Waals surface area contributed by atoms with E-state index >= 15 is 0 Å². The molecule has 2 fully saturated rings. The van der Waals surface area contributed by atoms with Crippen molar-refractivity contribution in [3.8, 4) is 0 Å². The van der Waals surface area contributed by atoms with Gasteiger partial charge in [-0.05, 0) is 44.1 Å². The molecule has 2 atom stereocenters. The number of nitrogens with two attached hydrogens (primary N) is 1. The van der Waals surface area contributed by atoms with Gasteiger partial charge in [-0.2, -0.15) is 0 Å². The molecule has 16 heavy (non-hydrogen) atoms. The van der Waals surface area contributed by atoms with Crippen molar-refractivity contribution in [1.82, 2.24) is 4.90 Å². The highest BCUT2D eigenvalue weighted by Crippen LogP contribution is 2.58. The third-order valence-corrected chi connectivity index (χ3v) is 4.13. The molecule has 2 N–H and O–H groups in total. The van der Waals surface area contributed by atoms with Gasteiger partial charge >= 0.3 is 0 Å². The molecule has 0 aromatic heterocycles. The van der Waals surface area contributed by atoms with Gasteiger partial charge < -0.3 is 10.6 Å². The largest absolute Gasteiger partial charge is 0.342 e. The molecule has 2 saturated carbocycles. The Balaban J connectivity index is 1.85. The van der Waals surface area contributed by atoms with E-state index in [0.29, 0.717) is 18.4 Å². The Kier molecular flexibility index (Phi) is 3.85. The Morgan fingerprint density at radius 2 is 2.00 bits per heavy atom. The summed E-state index contributed by atoms with van der Waals surface area (Å²) in [5, 5.41) is 0. The monoisotopic (exact) mass is 224 g/mol. The summed E-state index contributed by atoms with van der Waals surface area (Å²) in [4.78, 5) is 14.4. The van der Waals surface area contributed by atoms with E-state index in [1.165, 1.54) is 19.3 Å². The van der Waals surface area contributed by atoms with Crippen LogP contribution < -0.4 is 5.73 Å². The summed E-state index contributed by atoms with van der Waals surface area (Å²) in [6.07, 6.45) is 5.91. The number of nitrogens with zero attached hydrogens (tertiary/aromatic N) is 1. The highest BCUT2D eigenvalue weighted by molar-refractivity contribution is 5.82. The zero-order valence-electron chi connectivity index (χ0n) is 10.3. The number of hydrogen-bond donors (Lipinski definition) is 1. The normalized spacial score (nSPS) is 31.2. The molecule has 1 amide bonds. The Bertz CT molecular complexity index is 244. The van der Waals surface area contributed by atoms with E-state index in [0.717, 1.165) is 37.8 Å². The summed E-state index contributed by atoms with van der Waals surface area (Å²) in [5.74, 6) is 2.29. The third kappa shape index (κ3) is 2.24. The highest BCUT2D eigenvalue weighted by atomic mass is 16.2. The SMILES string of the molecule is CCCN(CCCN)C(=O)C1C2CCCC21. The van der Waals surface area contributed by atoms with Crippen molar-refractivity contribution in [3.05, 3.63) is 0 Å². The van der Waals surface area contributed by atoms with Gasteiger partial charge in [0.2, 0.25) is 5.91 Å². The van der Waals surface area contributed by atoms with E-state index in [9.17, 15) is 4.79 Å². The van der Waals surface area contributed by atoms with Gasteiger partial charge in [0, 0.05) is 19.0 Å². The van der Waals surface area contributed by atoms with Crippen molar-refractivity contribution in [2.75, 3.05) is 19.6 Å². The number of fused-ring (bicyclic) bond motifs is 1. The minimum atomic E-state index is 0.387. The van der Waals surface area contributed by atoms with Gasteiger partial charge in [0.05, 0.1) is 0 Å². The molecule has 3 nitrogen and oxygen atoms in total. The first-order chi connectivity index (χ1) is 7.79. The van der Waals surface area contributed by atoms with Crippen molar-refractivity contribution in [1.29, 1.82) is 0 Å². The lowest BCUT2D eigenvalue weighted by Gasteiger charge is -2.22. The molecule has 2 unspecified atom stereocenters. The maximum atomic E-state index is 12.3. The summed E-state index contributed by atoms with van der Waals surface area (Å²) in [7, 11) is 0. The number of amides is 1. The minimum absolute atomic E-state index is 0.387. The van der Waals surface area contributed by atoms with E-state index in [1.807, 2.05) is 0 Å². The molecule has 2 aliphatic carbocycles. The first-order valence-corrected chi connectivity index (χ1v) is 6.78. The van der Waals surface area contributed by atoms with Crippen LogP contribution in [0, 0.1) is 17.8 Å². The fourth-order valence-electron chi connectivity index (χ4n) is 3.28.